The van der Waals surface area contributed by atoms with Crippen molar-refractivity contribution in [1.29, 1.82) is 0 Å². The summed E-state index contributed by atoms with van der Waals surface area (Å²) in [6, 6.07) is 2.61. The Morgan fingerprint density at radius 3 is 2.59 bits per heavy atom. The maximum Gasteiger partial charge on any atom is 0.512 e. The minimum absolute atomic E-state index is 0.0989. The smallest absolute Gasteiger partial charge is 0.488 e. The van der Waals surface area contributed by atoms with E-state index < -0.39 is 18.3 Å². The van der Waals surface area contributed by atoms with Crippen molar-refractivity contribution >= 4 is 12.4 Å². The van der Waals surface area contributed by atoms with E-state index in [4.69, 9.17) is 9.47 Å². The number of ether oxygens (including phenoxy) is 2. The average Bonchev–Trinajstić information content (AvgIpc) is 2.68. The summed E-state index contributed by atoms with van der Waals surface area (Å²) in [5.41, 5.74) is -1.22. The molecule has 1 aromatic rings. The maximum absolute atomic E-state index is 13.2. The van der Waals surface area contributed by atoms with E-state index in [-0.39, 0.29) is 11.9 Å². The van der Waals surface area contributed by atoms with Crippen molar-refractivity contribution in [3.8, 4) is 5.75 Å². The summed E-state index contributed by atoms with van der Waals surface area (Å²) in [5.74, 6) is -1.20. The molecule has 94 valence electrons. The molecule has 1 fully saturated rings. The lowest BCUT2D eigenvalue weighted by Crippen LogP contribution is -2.36. The Labute approximate surface area is 95.6 Å². The van der Waals surface area contributed by atoms with Gasteiger partial charge < -0.3 is 22.4 Å². The van der Waals surface area contributed by atoms with Crippen molar-refractivity contribution < 1.29 is 26.8 Å². The second-order valence-electron chi connectivity index (χ2n) is 3.86. The van der Waals surface area contributed by atoms with Crippen LogP contribution in [0.4, 0.5) is 17.3 Å². The van der Waals surface area contributed by atoms with Crippen molar-refractivity contribution in [2.75, 3.05) is 13.2 Å². The topological polar surface area (TPSA) is 18.5 Å². The number of benzene rings is 1. The van der Waals surface area contributed by atoms with Crippen molar-refractivity contribution in [2.45, 2.75) is 12.5 Å². The Hall–Kier alpha value is -1.24. The number of halogens is 4. The molecule has 1 heterocycles. The highest BCUT2D eigenvalue weighted by Crippen LogP contribution is 2.19. The minimum Gasteiger partial charge on any atom is -0.488 e. The maximum atomic E-state index is 13.2. The van der Waals surface area contributed by atoms with Gasteiger partial charge in [-0.05, 0) is 6.07 Å². The van der Waals surface area contributed by atoms with Crippen LogP contribution in [0.1, 0.15) is 6.42 Å². The van der Waals surface area contributed by atoms with Crippen LogP contribution < -0.4 is 10.2 Å². The monoisotopic (exact) mass is 249 g/mol. The lowest BCUT2D eigenvalue weighted by molar-refractivity contribution is 0.141. The van der Waals surface area contributed by atoms with Gasteiger partial charge in [-0.15, -0.1) is 0 Å². The van der Waals surface area contributed by atoms with Crippen LogP contribution in [0.5, 0.6) is 5.75 Å². The highest BCUT2D eigenvalue weighted by molar-refractivity contribution is 6.73. The molecule has 1 aliphatic heterocycles. The SMILES string of the molecule is Fc1cc(OC2CCOC2)ccc1[B-](F)(F)F. The normalized spacial score (nSPS) is 20.6. The number of hydrogen-bond acceptors (Lipinski definition) is 2. The van der Waals surface area contributed by atoms with Gasteiger partial charge in [-0.3, -0.25) is 0 Å². The average molecular weight is 249 g/mol. The summed E-state index contributed by atoms with van der Waals surface area (Å²) < 4.78 is 60.6. The molecule has 0 bridgehead atoms. The molecule has 2 nitrogen and oxygen atoms in total. The first-order chi connectivity index (χ1) is 7.97. The molecule has 0 amide bonds. The first-order valence-electron chi connectivity index (χ1n) is 5.20. The van der Waals surface area contributed by atoms with E-state index in [0.29, 0.717) is 25.7 Å². The summed E-state index contributed by atoms with van der Waals surface area (Å²) >= 11 is 0. The predicted molar refractivity (Wildman–Crippen MR) is 55.0 cm³/mol. The van der Waals surface area contributed by atoms with Gasteiger partial charge in [0.2, 0.25) is 0 Å². The molecule has 0 spiro atoms. The molecule has 1 unspecified atom stereocenters. The third-order valence-corrected chi connectivity index (χ3v) is 2.52. The third kappa shape index (κ3) is 2.91. The molecule has 0 radical (unpaired) electrons. The summed E-state index contributed by atoms with van der Waals surface area (Å²) in [5, 5.41) is 0. The summed E-state index contributed by atoms with van der Waals surface area (Å²) in [7, 11) is 0. The van der Waals surface area contributed by atoms with Crippen LogP contribution >= 0.6 is 0 Å². The Bertz CT molecular complexity index is 402. The predicted octanol–water partition coefficient (Wildman–Crippen LogP) is 2.05. The largest absolute Gasteiger partial charge is 0.512 e. The van der Waals surface area contributed by atoms with Gasteiger partial charge in [-0.1, -0.05) is 11.5 Å². The van der Waals surface area contributed by atoms with Crippen LogP contribution in [0.2, 0.25) is 0 Å². The van der Waals surface area contributed by atoms with Crippen molar-refractivity contribution in [3.63, 3.8) is 0 Å². The van der Waals surface area contributed by atoms with Gasteiger partial charge in [-0.2, -0.15) is 0 Å². The number of hydrogen-bond donors (Lipinski definition) is 0. The number of rotatable bonds is 3. The van der Waals surface area contributed by atoms with E-state index in [1.165, 1.54) is 0 Å². The minimum atomic E-state index is -5.32. The molecule has 1 saturated heterocycles. The van der Waals surface area contributed by atoms with E-state index in [1.807, 2.05) is 0 Å². The van der Waals surface area contributed by atoms with Gasteiger partial charge in [0.25, 0.3) is 0 Å². The molecular weight excluding hydrogens is 239 g/mol. The second-order valence-corrected chi connectivity index (χ2v) is 3.86. The summed E-state index contributed by atoms with van der Waals surface area (Å²) in [6.45, 7) is -4.39. The highest BCUT2D eigenvalue weighted by atomic mass is 19.4. The van der Waals surface area contributed by atoms with Crippen LogP contribution in [-0.2, 0) is 4.74 Å². The van der Waals surface area contributed by atoms with Crippen molar-refractivity contribution in [1.82, 2.24) is 0 Å². The lowest BCUT2D eigenvalue weighted by atomic mass is 9.80. The Kier molecular flexibility index (Phi) is 3.28. The molecule has 0 aliphatic carbocycles. The van der Waals surface area contributed by atoms with Gasteiger partial charge in [0.15, 0.2) is 0 Å². The molecule has 0 saturated carbocycles. The van der Waals surface area contributed by atoms with Crippen LogP contribution in [0.15, 0.2) is 18.2 Å². The Morgan fingerprint density at radius 2 is 2.06 bits per heavy atom. The Balaban J connectivity index is 2.13. The zero-order valence-electron chi connectivity index (χ0n) is 8.84. The standard InChI is InChI=1S/C10H10BF4O2/c12-10-5-7(17-8-3-4-16-6-8)1-2-9(10)11(13,14)15/h1-2,5,8H,3-4,6H2/q-1. The fourth-order valence-corrected chi connectivity index (χ4v) is 1.64. The molecule has 0 aromatic heterocycles. The summed E-state index contributed by atoms with van der Waals surface area (Å²) in [4.78, 5) is 0. The molecule has 1 aliphatic rings. The third-order valence-electron chi connectivity index (χ3n) is 2.52. The van der Waals surface area contributed by atoms with E-state index in [1.54, 1.807) is 0 Å². The zero-order valence-corrected chi connectivity index (χ0v) is 8.84. The highest BCUT2D eigenvalue weighted by Gasteiger charge is 2.29. The second kappa shape index (κ2) is 4.56. The van der Waals surface area contributed by atoms with Crippen molar-refractivity contribution in [3.05, 3.63) is 24.0 Å². The van der Waals surface area contributed by atoms with Crippen LogP contribution in [0, 0.1) is 5.82 Å². The fraction of sp³-hybridized carbons (Fsp3) is 0.400. The quantitative estimate of drug-likeness (QED) is 0.602. The first kappa shape index (κ1) is 12.2. The van der Waals surface area contributed by atoms with E-state index in [0.717, 1.165) is 12.1 Å². The fourth-order valence-electron chi connectivity index (χ4n) is 1.64. The lowest BCUT2D eigenvalue weighted by Gasteiger charge is -2.17. The first-order valence-corrected chi connectivity index (χ1v) is 5.20. The van der Waals surface area contributed by atoms with E-state index >= 15 is 0 Å². The van der Waals surface area contributed by atoms with Crippen LogP contribution in [0.25, 0.3) is 0 Å². The molecule has 1 atom stereocenters. The zero-order chi connectivity index (χ0) is 12.5. The van der Waals surface area contributed by atoms with E-state index in [2.05, 4.69) is 0 Å². The Morgan fingerprint density at radius 1 is 1.29 bits per heavy atom. The molecular formula is C10H10BF4O2-. The molecule has 7 heteroatoms. The van der Waals surface area contributed by atoms with Gasteiger partial charge in [-0.25, -0.2) is 4.39 Å². The van der Waals surface area contributed by atoms with Crippen molar-refractivity contribution in [2.24, 2.45) is 0 Å². The van der Waals surface area contributed by atoms with E-state index in [9.17, 15) is 17.3 Å². The van der Waals surface area contributed by atoms with Gasteiger partial charge in [0, 0.05) is 12.5 Å². The molecule has 17 heavy (non-hydrogen) atoms. The molecule has 1 aromatic carbocycles. The van der Waals surface area contributed by atoms with Gasteiger partial charge in [0.05, 0.1) is 19.0 Å². The van der Waals surface area contributed by atoms with Crippen LogP contribution in [-0.4, -0.2) is 26.3 Å². The molecule has 2 rings (SSSR count). The van der Waals surface area contributed by atoms with Gasteiger partial charge >= 0.3 is 6.98 Å². The molecule has 0 N–H and O–H groups in total. The van der Waals surface area contributed by atoms with Gasteiger partial charge in [0.1, 0.15) is 11.9 Å². The van der Waals surface area contributed by atoms with Crippen LogP contribution in [0.3, 0.4) is 0 Å². The summed E-state index contributed by atoms with van der Waals surface area (Å²) in [6.07, 6.45) is 0.448.